The van der Waals surface area contributed by atoms with E-state index in [0.29, 0.717) is 17.1 Å². The smallest absolute Gasteiger partial charge is 0.324 e. The number of rotatable bonds is 5. The average Bonchev–Trinajstić information content (AvgIpc) is 3.08. The second-order valence-corrected chi connectivity index (χ2v) is 8.10. The molecule has 0 fully saturated rings. The number of hydrogen-bond donors (Lipinski definition) is 3. The molecule has 1 aromatic heterocycles. The predicted molar refractivity (Wildman–Crippen MR) is 114 cm³/mol. The molecule has 0 atom stereocenters. The number of anilines is 2. The zero-order chi connectivity index (χ0) is 22.8. The summed E-state index contributed by atoms with van der Waals surface area (Å²) < 4.78 is 28.1. The van der Waals surface area contributed by atoms with Crippen molar-refractivity contribution in [2.75, 3.05) is 10.6 Å². The number of benzene rings is 2. The lowest BCUT2D eigenvalue weighted by Crippen LogP contribution is -2.21. The van der Waals surface area contributed by atoms with Crippen LogP contribution in [0.4, 0.5) is 25.1 Å². The third-order valence-electron chi connectivity index (χ3n) is 4.43. The minimum atomic E-state index is -1.07. The van der Waals surface area contributed by atoms with E-state index in [2.05, 4.69) is 15.7 Å². The molecule has 0 unspecified atom stereocenters. The lowest BCUT2D eigenvalue weighted by atomic mass is 9.92. The maximum absolute atomic E-state index is 13.4. The lowest BCUT2D eigenvalue weighted by molar-refractivity contribution is -0.117. The highest BCUT2D eigenvalue weighted by atomic mass is 19.2. The fourth-order valence-corrected chi connectivity index (χ4v) is 2.89. The van der Waals surface area contributed by atoms with Gasteiger partial charge in [-0.25, -0.2) is 18.3 Å². The molecular formula is C22H23F2N5O2. The minimum Gasteiger partial charge on any atom is -0.369 e. The van der Waals surface area contributed by atoms with Crippen molar-refractivity contribution >= 4 is 23.4 Å². The highest BCUT2D eigenvalue weighted by Crippen LogP contribution is 2.27. The molecule has 2 aromatic carbocycles. The summed E-state index contributed by atoms with van der Waals surface area (Å²) in [5.74, 6) is -2.17. The van der Waals surface area contributed by atoms with Crippen LogP contribution in [0.5, 0.6) is 0 Å². The first-order valence-electron chi connectivity index (χ1n) is 9.54. The molecule has 0 aliphatic carbocycles. The number of carbonyl (C=O) groups excluding carboxylic acids is 2. The van der Waals surface area contributed by atoms with Gasteiger partial charge in [0.1, 0.15) is 5.82 Å². The zero-order valence-electron chi connectivity index (χ0n) is 17.4. The van der Waals surface area contributed by atoms with Crippen LogP contribution < -0.4 is 16.4 Å². The first-order valence-corrected chi connectivity index (χ1v) is 9.54. The summed E-state index contributed by atoms with van der Waals surface area (Å²) in [6.45, 7) is 5.94. The summed E-state index contributed by atoms with van der Waals surface area (Å²) in [5.41, 5.74) is 7.13. The molecule has 3 aromatic rings. The molecule has 7 nitrogen and oxygen atoms in total. The van der Waals surface area contributed by atoms with Gasteiger partial charge in [-0.3, -0.25) is 10.1 Å². The Morgan fingerprint density at radius 1 is 1.03 bits per heavy atom. The van der Waals surface area contributed by atoms with E-state index in [1.807, 2.05) is 20.8 Å². The van der Waals surface area contributed by atoms with Gasteiger partial charge in [-0.1, -0.05) is 32.9 Å². The quantitative estimate of drug-likeness (QED) is 0.571. The molecule has 0 saturated heterocycles. The van der Waals surface area contributed by atoms with Crippen LogP contribution in [0.1, 0.15) is 32.0 Å². The third kappa shape index (κ3) is 5.44. The van der Waals surface area contributed by atoms with Gasteiger partial charge in [0.2, 0.25) is 5.91 Å². The van der Waals surface area contributed by atoms with E-state index in [9.17, 15) is 18.4 Å². The summed E-state index contributed by atoms with van der Waals surface area (Å²) in [5, 5.41) is 9.76. The van der Waals surface area contributed by atoms with Crippen LogP contribution >= 0.6 is 0 Å². The van der Waals surface area contributed by atoms with E-state index in [4.69, 9.17) is 5.73 Å². The first-order chi connectivity index (χ1) is 14.5. The second-order valence-electron chi connectivity index (χ2n) is 8.10. The molecule has 0 bridgehead atoms. The van der Waals surface area contributed by atoms with Crippen LogP contribution in [-0.4, -0.2) is 21.7 Å². The van der Waals surface area contributed by atoms with Crippen molar-refractivity contribution < 1.29 is 18.4 Å². The highest BCUT2D eigenvalue weighted by molar-refractivity contribution is 5.99. The monoisotopic (exact) mass is 427 g/mol. The Bertz CT molecular complexity index is 1140. The zero-order valence-corrected chi connectivity index (χ0v) is 17.4. The van der Waals surface area contributed by atoms with Gasteiger partial charge >= 0.3 is 6.03 Å². The molecule has 1 heterocycles. The van der Waals surface area contributed by atoms with Crippen LogP contribution in [0.3, 0.4) is 0 Å². The van der Waals surface area contributed by atoms with Crippen LogP contribution in [0.25, 0.3) is 5.69 Å². The van der Waals surface area contributed by atoms with Gasteiger partial charge in [0.15, 0.2) is 11.6 Å². The Kier molecular flexibility index (Phi) is 6.05. The predicted octanol–water partition coefficient (Wildman–Crippen LogP) is 4.12. The minimum absolute atomic E-state index is 0.0701. The van der Waals surface area contributed by atoms with E-state index in [1.54, 1.807) is 30.3 Å². The molecule has 31 heavy (non-hydrogen) atoms. The number of hydrogen-bond acceptors (Lipinski definition) is 3. The first kappa shape index (κ1) is 21.9. The largest absolute Gasteiger partial charge is 0.369 e. The van der Waals surface area contributed by atoms with Gasteiger partial charge in [-0.05, 0) is 29.8 Å². The van der Waals surface area contributed by atoms with Gasteiger partial charge in [0, 0.05) is 23.2 Å². The maximum Gasteiger partial charge on any atom is 0.324 e. The molecule has 0 spiro atoms. The number of nitrogens with zero attached hydrogens (tertiary/aromatic N) is 2. The highest BCUT2D eigenvalue weighted by Gasteiger charge is 2.22. The van der Waals surface area contributed by atoms with Crippen molar-refractivity contribution in [2.24, 2.45) is 5.73 Å². The Hall–Kier alpha value is -3.75. The Morgan fingerprint density at radius 3 is 2.42 bits per heavy atom. The van der Waals surface area contributed by atoms with E-state index in [0.717, 1.165) is 17.8 Å². The van der Waals surface area contributed by atoms with Crippen molar-refractivity contribution in [1.29, 1.82) is 0 Å². The van der Waals surface area contributed by atoms with Crippen LogP contribution in [0, 0.1) is 11.6 Å². The Morgan fingerprint density at radius 2 is 1.77 bits per heavy atom. The molecule has 0 radical (unpaired) electrons. The average molecular weight is 427 g/mol. The van der Waals surface area contributed by atoms with Gasteiger partial charge in [-0.15, -0.1) is 0 Å². The molecule has 3 amide bonds. The number of urea groups is 1. The van der Waals surface area contributed by atoms with Gasteiger partial charge < -0.3 is 11.1 Å². The molecular weight excluding hydrogens is 404 g/mol. The van der Waals surface area contributed by atoms with Crippen molar-refractivity contribution in [3.8, 4) is 5.69 Å². The van der Waals surface area contributed by atoms with Crippen molar-refractivity contribution in [3.05, 3.63) is 71.4 Å². The van der Waals surface area contributed by atoms with Crippen molar-refractivity contribution in [3.63, 3.8) is 0 Å². The Balaban J connectivity index is 1.92. The molecule has 0 aliphatic heterocycles. The molecule has 162 valence electrons. The summed E-state index contributed by atoms with van der Waals surface area (Å²) in [6, 6.07) is 11.2. The normalized spacial score (nSPS) is 11.3. The summed E-state index contributed by atoms with van der Waals surface area (Å²) in [4.78, 5) is 23.8. The number of nitrogens with one attached hydrogen (secondary N) is 2. The third-order valence-corrected chi connectivity index (χ3v) is 4.43. The van der Waals surface area contributed by atoms with Crippen molar-refractivity contribution in [2.45, 2.75) is 32.6 Å². The van der Waals surface area contributed by atoms with E-state index < -0.39 is 23.6 Å². The second kappa shape index (κ2) is 8.55. The summed E-state index contributed by atoms with van der Waals surface area (Å²) >= 11 is 0. The maximum atomic E-state index is 13.4. The van der Waals surface area contributed by atoms with Crippen LogP contribution in [0.15, 0.2) is 48.5 Å². The van der Waals surface area contributed by atoms with Gasteiger partial charge in [-0.2, -0.15) is 5.10 Å². The molecule has 4 N–H and O–H groups in total. The lowest BCUT2D eigenvalue weighted by Gasteiger charge is -2.14. The van der Waals surface area contributed by atoms with Gasteiger partial charge in [0.25, 0.3) is 0 Å². The number of primary amides is 1. The topological polar surface area (TPSA) is 102 Å². The Labute approximate surface area is 178 Å². The number of nitrogens with two attached hydrogens (primary N) is 1. The number of halogens is 2. The van der Waals surface area contributed by atoms with E-state index in [-0.39, 0.29) is 17.5 Å². The van der Waals surface area contributed by atoms with E-state index in [1.165, 1.54) is 10.7 Å². The van der Waals surface area contributed by atoms with Gasteiger partial charge in [0.05, 0.1) is 17.8 Å². The number of amides is 3. The number of aromatic nitrogens is 2. The summed E-state index contributed by atoms with van der Waals surface area (Å²) in [6.07, 6.45) is 0.0701. The summed E-state index contributed by atoms with van der Waals surface area (Å²) in [7, 11) is 0. The molecule has 0 saturated carbocycles. The van der Waals surface area contributed by atoms with Crippen LogP contribution in [-0.2, 0) is 16.6 Å². The molecule has 9 heteroatoms. The van der Waals surface area contributed by atoms with E-state index >= 15 is 0 Å². The molecule has 3 rings (SSSR count). The fraction of sp³-hybridized carbons (Fsp3) is 0.227. The van der Waals surface area contributed by atoms with Crippen molar-refractivity contribution in [1.82, 2.24) is 9.78 Å². The standard InChI is InChI=1S/C22H23F2N5O2/c1-22(2,3)18-12-20(27-21(31)26-14-7-8-16(23)17(24)11-14)29(28-18)15-6-4-5-13(9-15)10-19(25)30/h4-9,11-12H,10H2,1-3H3,(H2,25,30)(H2,26,27,31). The fourth-order valence-electron chi connectivity index (χ4n) is 2.89. The number of carbonyl (C=O) groups is 2. The van der Waals surface area contributed by atoms with Crippen LogP contribution in [0.2, 0.25) is 0 Å². The SMILES string of the molecule is CC(C)(C)c1cc(NC(=O)Nc2ccc(F)c(F)c2)n(-c2cccc(CC(N)=O)c2)n1. The molecule has 0 aliphatic rings.